The number of carboxylic acid groups (broad SMARTS) is 1. The molecule has 1 amide bonds. The van der Waals surface area contributed by atoms with Crippen molar-refractivity contribution in [1.29, 1.82) is 0 Å². The number of nitrogens with zero attached hydrogens (tertiary/aromatic N) is 3. The molecule has 2 atom stereocenters. The Bertz CT molecular complexity index is 923. The monoisotopic (exact) mass is 422 g/mol. The summed E-state index contributed by atoms with van der Waals surface area (Å²) < 4.78 is 6.02. The van der Waals surface area contributed by atoms with Gasteiger partial charge in [0, 0.05) is 19.7 Å². The Balaban J connectivity index is 2.14. The first-order valence-corrected chi connectivity index (χ1v) is 10.3. The zero-order valence-electron chi connectivity index (χ0n) is 17.0. The number of hydrogen-bond acceptors (Lipinski definition) is 7. The average molecular weight is 423 g/mol. The Kier molecular flexibility index (Phi) is 5.95. The number of thiazole rings is 1. The smallest absolute Gasteiger partial charge is 0.404 e. The van der Waals surface area contributed by atoms with Crippen LogP contribution in [-0.4, -0.2) is 46.8 Å². The summed E-state index contributed by atoms with van der Waals surface area (Å²) in [6.07, 6.45) is 0.465. The molecular weight excluding hydrogens is 396 g/mol. The molecule has 9 nitrogen and oxygen atoms in total. The number of hydrogen-bond donors (Lipinski definition) is 2. The number of aromatic nitrogens is 1. The van der Waals surface area contributed by atoms with Crippen LogP contribution in [0.4, 0.5) is 16.2 Å². The van der Waals surface area contributed by atoms with Gasteiger partial charge in [0.2, 0.25) is 0 Å². The Morgan fingerprint density at radius 2 is 2.24 bits per heavy atom. The number of methoxy groups -OCH3 is 1. The summed E-state index contributed by atoms with van der Waals surface area (Å²) in [5.41, 5.74) is 0.667. The quantitative estimate of drug-likeness (QED) is 0.533. The summed E-state index contributed by atoms with van der Waals surface area (Å²) in [5.74, 6) is 0. The lowest BCUT2D eigenvalue weighted by Crippen LogP contribution is -2.55. The minimum Gasteiger partial charge on any atom is -0.465 e. The average Bonchev–Trinajstić information content (AvgIpc) is 3.24. The molecule has 2 N–H and O–H groups in total. The predicted molar refractivity (Wildman–Crippen MR) is 112 cm³/mol. The molecule has 0 radical (unpaired) electrons. The van der Waals surface area contributed by atoms with E-state index in [0.717, 1.165) is 22.5 Å². The van der Waals surface area contributed by atoms with E-state index in [1.807, 2.05) is 25.7 Å². The summed E-state index contributed by atoms with van der Waals surface area (Å²) in [4.78, 5) is 29.5. The Morgan fingerprint density at radius 1 is 1.52 bits per heavy atom. The summed E-state index contributed by atoms with van der Waals surface area (Å²) in [6.45, 7) is 6.85. The van der Waals surface area contributed by atoms with Gasteiger partial charge < -0.3 is 20.1 Å². The van der Waals surface area contributed by atoms with Crippen LogP contribution in [0.1, 0.15) is 38.6 Å². The van der Waals surface area contributed by atoms with Crippen LogP contribution in [0.15, 0.2) is 12.1 Å². The number of fused-ring (bicyclic) bond motifs is 1. The lowest BCUT2D eigenvalue weighted by atomic mass is 9.81. The Labute approximate surface area is 172 Å². The van der Waals surface area contributed by atoms with Gasteiger partial charge in [0.15, 0.2) is 0 Å². The number of carbonyl (C=O) groups is 1. The number of benzene rings is 1. The van der Waals surface area contributed by atoms with Crippen LogP contribution in [0.3, 0.4) is 0 Å². The second kappa shape index (κ2) is 8.11. The minimum absolute atomic E-state index is 0.0124. The first-order chi connectivity index (χ1) is 13.6. The standard InChI is InChI=1S/C19H26N4O5S/c1-19(2,3)17(21-18(24)25)12-6-5-9-22(12)16-11(23(26)27)7-8-13-15(16)20-14(29-13)10-28-4/h7-8,12,17,21H,5-6,9-10H2,1-4H3,(H,24,25). The lowest BCUT2D eigenvalue weighted by molar-refractivity contribution is -0.384. The van der Waals surface area contributed by atoms with E-state index in [1.165, 1.54) is 17.4 Å². The van der Waals surface area contributed by atoms with Crippen molar-refractivity contribution in [2.45, 2.75) is 52.3 Å². The molecule has 1 aliphatic heterocycles. The van der Waals surface area contributed by atoms with Crippen LogP contribution in [0, 0.1) is 15.5 Å². The highest BCUT2D eigenvalue weighted by molar-refractivity contribution is 7.18. The fourth-order valence-electron chi connectivity index (χ4n) is 4.07. The van der Waals surface area contributed by atoms with E-state index >= 15 is 0 Å². The largest absolute Gasteiger partial charge is 0.465 e. The van der Waals surface area contributed by atoms with Crippen LogP contribution in [0.25, 0.3) is 10.2 Å². The summed E-state index contributed by atoms with van der Waals surface area (Å²) in [5, 5.41) is 24.6. The molecule has 2 heterocycles. The molecule has 1 aromatic carbocycles. The van der Waals surface area contributed by atoms with Gasteiger partial charge in [0.25, 0.3) is 5.69 Å². The summed E-state index contributed by atoms with van der Waals surface area (Å²) in [6, 6.07) is 2.63. The van der Waals surface area contributed by atoms with Crippen molar-refractivity contribution in [1.82, 2.24) is 10.3 Å². The van der Waals surface area contributed by atoms with Gasteiger partial charge in [-0.2, -0.15) is 0 Å². The number of rotatable bonds is 6. The van der Waals surface area contributed by atoms with E-state index in [9.17, 15) is 20.0 Å². The normalized spacial score (nSPS) is 18.2. The number of amides is 1. The van der Waals surface area contributed by atoms with E-state index in [0.29, 0.717) is 24.4 Å². The third kappa shape index (κ3) is 4.27. The van der Waals surface area contributed by atoms with Crippen LogP contribution in [0.2, 0.25) is 0 Å². The Hall–Kier alpha value is -2.46. The van der Waals surface area contributed by atoms with Gasteiger partial charge in [0.05, 0.1) is 28.3 Å². The fraction of sp³-hybridized carbons (Fsp3) is 0.579. The van der Waals surface area contributed by atoms with Crippen molar-refractivity contribution in [3.63, 3.8) is 0 Å². The molecule has 0 aliphatic carbocycles. The molecule has 1 fully saturated rings. The molecule has 3 rings (SSSR count). The molecule has 0 bridgehead atoms. The van der Waals surface area contributed by atoms with Gasteiger partial charge in [-0.3, -0.25) is 10.1 Å². The highest BCUT2D eigenvalue weighted by atomic mass is 32.1. The van der Waals surface area contributed by atoms with Gasteiger partial charge >= 0.3 is 6.09 Å². The third-order valence-electron chi connectivity index (χ3n) is 5.20. The molecule has 1 saturated heterocycles. The van der Waals surface area contributed by atoms with Crippen molar-refractivity contribution in [2.75, 3.05) is 18.6 Å². The van der Waals surface area contributed by atoms with Gasteiger partial charge in [-0.15, -0.1) is 11.3 Å². The maximum atomic E-state index is 11.8. The highest BCUT2D eigenvalue weighted by Gasteiger charge is 2.42. The third-order valence-corrected chi connectivity index (χ3v) is 6.20. The number of anilines is 1. The molecule has 0 saturated carbocycles. The number of ether oxygens (including phenoxy) is 1. The zero-order valence-corrected chi connectivity index (χ0v) is 17.8. The lowest BCUT2D eigenvalue weighted by Gasteiger charge is -2.40. The topological polar surface area (TPSA) is 118 Å². The van der Waals surface area contributed by atoms with Crippen molar-refractivity contribution in [2.24, 2.45) is 5.41 Å². The molecule has 1 aliphatic rings. The number of nitro groups is 1. The maximum absolute atomic E-state index is 11.8. The highest BCUT2D eigenvalue weighted by Crippen LogP contribution is 2.43. The molecule has 2 aromatic rings. The van der Waals surface area contributed by atoms with E-state index in [4.69, 9.17) is 4.74 Å². The molecule has 1 aromatic heterocycles. The van der Waals surface area contributed by atoms with Crippen molar-refractivity contribution in [3.05, 3.63) is 27.3 Å². The molecule has 158 valence electrons. The van der Waals surface area contributed by atoms with Gasteiger partial charge in [-0.05, 0) is 24.3 Å². The van der Waals surface area contributed by atoms with Crippen molar-refractivity contribution in [3.8, 4) is 0 Å². The maximum Gasteiger partial charge on any atom is 0.404 e. The summed E-state index contributed by atoms with van der Waals surface area (Å²) >= 11 is 1.45. The van der Waals surface area contributed by atoms with E-state index in [1.54, 1.807) is 13.2 Å². The number of nitrogens with one attached hydrogen (secondary N) is 1. The molecule has 2 unspecified atom stereocenters. The van der Waals surface area contributed by atoms with E-state index < -0.39 is 17.1 Å². The van der Waals surface area contributed by atoms with Crippen LogP contribution in [0.5, 0.6) is 0 Å². The predicted octanol–water partition coefficient (Wildman–Crippen LogP) is 4.00. The molecule has 10 heteroatoms. The van der Waals surface area contributed by atoms with Crippen LogP contribution < -0.4 is 10.2 Å². The van der Waals surface area contributed by atoms with Gasteiger partial charge in [-0.25, -0.2) is 9.78 Å². The second-order valence-electron chi connectivity index (χ2n) is 8.27. The number of nitro benzene ring substituents is 1. The first-order valence-electron chi connectivity index (χ1n) is 9.45. The fourth-order valence-corrected chi connectivity index (χ4v) is 5.01. The van der Waals surface area contributed by atoms with E-state index in [-0.39, 0.29) is 17.1 Å². The summed E-state index contributed by atoms with van der Waals surface area (Å²) in [7, 11) is 1.58. The zero-order chi connectivity index (χ0) is 21.3. The SMILES string of the molecule is COCc1nc2c(N3CCCC3C(NC(=O)O)C(C)(C)C)c([N+](=O)[O-])ccc2s1. The van der Waals surface area contributed by atoms with Gasteiger partial charge in [0.1, 0.15) is 16.2 Å². The minimum atomic E-state index is -1.10. The molecule has 29 heavy (non-hydrogen) atoms. The van der Waals surface area contributed by atoms with Gasteiger partial charge in [-0.1, -0.05) is 20.8 Å². The van der Waals surface area contributed by atoms with E-state index in [2.05, 4.69) is 10.3 Å². The van der Waals surface area contributed by atoms with Crippen molar-refractivity contribution >= 4 is 39.0 Å². The van der Waals surface area contributed by atoms with Crippen molar-refractivity contribution < 1.29 is 19.6 Å². The molecular formula is C19H26N4O5S. The Morgan fingerprint density at radius 3 is 2.83 bits per heavy atom. The first kappa shape index (κ1) is 21.3. The van der Waals surface area contributed by atoms with Crippen LogP contribution >= 0.6 is 11.3 Å². The molecule has 0 spiro atoms. The van der Waals surface area contributed by atoms with Crippen LogP contribution in [-0.2, 0) is 11.3 Å². The second-order valence-corrected chi connectivity index (χ2v) is 9.39.